The molecular weight excluding hydrogens is 374 g/mol. The van der Waals surface area contributed by atoms with Gasteiger partial charge in [-0.05, 0) is 48.4 Å². The number of rotatable bonds is 5. The Morgan fingerprint density at radius 1 is 1.00 bits per heavy atom. The Morgan fingerprint density at radius 3 is 2.57 bits per heavy atom. The molecule has 4 aromatic rings. The number of benzene rings is 2. The number of fused-ring (bicyclic) bond motifs is 1. The van der Waals surface area contributed by atoms with Crippen molar-refractivity contribution in [3.05, 3.63) is 53.7 Å². The first-order valence-electron chi connectivity index (χ1n) is 8.62. The van der Waals surface area contributed by atoms with Crippen molar-refractivity contribution in [1.82, 2.24) is 9.97 Å². The van der Waals surface area contributed by atoms with Crippen molar-refractivity contribution >= 4 is 33.1 Å². The number of methoxy groups -OCH3 is 2. The number of hydrogen-bond donors (Lipinski definition) is 2. The minimum absolute atomic E-state index is 0.234. The van der Waals surface area contributed by atoms with Gasteiger partial charge in [0.1, 0.15) is 22.7 Å². The molecule has 0 bridgehead atoms. The van der Waals surface area contributed by atoms with Crippen LogP contribution in [-0.2, 0) is 0 Å². The first kappa shape index (κ1) is 18.1. The average molecular weight is 393 g/mol. The molecule has 0 saturated carbocycles. The molecule has 2 heterocycles. The van der Waals surface area contributed by atoms with E-state index in [4.69, 9.17) is 9.47 Å². The van der Waals surface area contributed by atoms with Crippen LogP contribution in [0.5, 0.6) is 17.2 Å². The molecule has 0 unspecified atom stereocenters. The number of thiophene rings is 1. The van der Waals surface area contributed by atoms with Crippen LogP contribution >= 0.6 is 11.3 Å². The van der Waals surface area contributed by atoms with Gasteiger partial charge in [0.15, 0.2) is 11.5 Å². The Morgan fingerprint density at radius 2 is 1.82 bits per heavy atom. The maximum Gasteiger partial charge on any atom is 0.161 e. The molecule has 0 saturated heterocycles. The van der Waals surface area contributed by atoms with E-state index in [1.54, 1.807) is 44.0 Å². The number of aromatic nitrogens is 2. The SMILES string of the molecule is COc1ccc(-c2csc3ncnc(Nc4ccc(O)cc4C)c23)cc1OC. The van der Waals surface area contributed by atoms with Crippen molar-refractivity contribution in [2.75, 3.05) is 19.5 Å². The van der Waals surface area contributed by atoms with Crippen LogP contribution in [0.25, 0.3) is 21.3 Å². The largest absolute Gasteiger partial charge is 0.508 e. The van der Waals surface area contributed by atoms with Crippen molar-refractivity contribution in [1.29, 1.82) is 0 Å². The minimum Gasteiger partial charge on any atom is -0.508 e. The van der Waals surface area contributed by atoms with Gasteiger partial charge < -0.3 is 19.9 Å². The van der Waals surface area contributed by atoms with E-state index >= 15 is 0 Å². The predicted octanol–water partition coefficient (Wildman–Crippen LogP) is 5.13. The molecule has 6 nitrogen and oxygen atoms in total. The molecule has 28 heavy (non-hydrogen) atoms. The molecule has 0 aliphatic carbocycles. The summed E-state index contributed by atoms with van der Waals surface area (Å²) in [5.74, 6) is 2.29. The highest BCUT2D eigenvalue weighted by Crippen LogP contribution is 2.40. The zero-order valence-corrected chi connectivity index (χ0v) is 16.5. The number of phenols is 1. The van der Waals surface area contributed by atoms with Gasteiger partial charge >= 0.3 is 0 Å². The standard InChI is InChI=1S/C21H19N3O3S/c1-12-8-14(25)5-6-16(12)24-20-19-15(10-28-21(19)23-11-22-20)13-4-7-17(26-2)18(9-13)27-3/h4-11,25H,1-3H3,(H,22,23,24). The molecule has 7 heteroatoms. The van der Waals surface area contributed by atoms with E-state index in [0.29, 0.717) is 17.3 Å². The Labute approximate surface area is 166 Å². The fraction of sp³-hybridized carbons (Fsp3) is 0.143. The van der Waals surface area contributed by atoms with Crippen LogP contribution in [0.4, 0.5) is 11.5 Å². The lowest BCUT2D eigenvalue weighted by Crippen LogP contribution is -1.97. The van der Waals surface area contributed by atoms with Gasteiger partial charge in [-0.25, -0.2) is 9.97 Å². The third-order valence-corrected chi connectivity index (χ3v) is 5.41. The number of anilines is 2. The number of ether oxygens (including phenoxy) is 2. The molecule has 4 rings (SSSR count). The van der Waals surface area contributed by atoms with E-state index in [2.05, 4.69) is 20.7 Å². The number of phenolic OH excluding ortho intramolecular Hbond substituents is 1. The maximum absolute atomic E-state index is 9.65. The van der Waals surface area contributed by atoms with Crippen molar-refractivity contribution in [3.63, 3.8) is 0 Å². The van der Waals surface area contributed by atoms with Crippen LogP contribution in [0, 0.1) is 6.92 Å². The Hall–Kier alpha value is -3.32. The van der Waals surface area contributed by atoms with E-state index in [9.17, 15) is 5.11 Å². The van der Waals surface area contributed by atoms with Crippen LogP contribution in [0.2, 0.25) is 0 Å². The van der Waals surface area contributed by atoms with E-state index < -0.39 is 0 Å². The maximum atomic E-state index is 9.65. The van der Waals surface area contributed by atoms with Gasteiger partial charge in [-0.15, -0.1) is 11.3 Å². The molecule has 0 spiro atoms. The third kappa shape index (κ3) is 3.20. The topological polar surface area (TPSA) is 76.5 Å². The van der Waals surface area contributed by atoms with Crippen LogP contribution in [0.1, 0.15) is 5.56 Å². The van der Waals surface area contributed by atoms with E-state index in [1.807, 2.05) is 31.2 Å². The minimum atomic E-state index is 0.234. The normalized spacial score (nSPS) is 10.8. The quantitative estimate of drug-likeness (QED) is 0.458. The van der Waals surface area contributed by atoms with Crippen molar-refractivity contribution < 1.29 is 14.6 Å². The summed E-state index contributed by atoms with van der Waals surface area (Å²) in [6.45, 7) is 1.93. The number of aryl methyl sites for hydroxylation is 1. The number of nitrogens with zero attached hydrogens (tertiary/aromatic N) is 2. The monoisotopic (exact) mass is 393 g/mol. The molecule has 0 atom stereocenters. The lowest BCUT2D eigenvalue weighted by molar-refractivity contribution is 0.355. The summed E-state index contributed by atoms with van der Waals surface area (Å²) in [7, 11) is 3.24. The zero-order chi connectivity index (χ0) is 19.7. The Bertz CT molecular complexity index is 1160. The predicted molar refractivity (Wildman–Crippen MR) is 112 cm³/mol. The van der Waals surface area contributed by atoms with Gasteiger partial charge in [0.25, 0.3) is 0 Å². The second-order valence-corrected chi connectivity index (χ2v) is 7.10. The Kier molecular flexibility index (Phi) is 4.75. The highest BCUT2D eigenvalue weighted by molar-refractivity contribution is 7.17. The number of aromatic hydroxyl groups is 1. The first-order valence-corrected chi connectivity index (χ1v) is 9.50. The van der Waals surface area contributed by atoms with Crippen LogP contribution < -0.4 is 14.8 Å². The molecular formula is C21H19N3O3S. The van der Waals surface area contributed by atoms with Crippen LogP contribution in [-0.4, -0.2) is 29.3 Å². The Balaban J connectivity index is 1.83. The molecule has 2 aromatic heterocycles. The number of hydrogen-bond acceptors (Lipinski definition) is 7. The van der Waals surface area contributed by atoms with Crippen LogP contribution in [0.3, 0.4) is 0 Å². The van der Waals surface area contributed by atoms with Crippen molar-refractivity contribution in [2.24, 2.45) is 0 Å². The van der Waals surface area contributed by atoms with Gasteiger partial charge in [-0.2, -0.15) is 0 Å². The average Bonchev–Trinajstić information content (AvgIpc) is 3.14. The molecule has 142 valence electrons. The highest BCUT2D eigenvalue weighted by Gasteiger charge is 2.16. The third-order valence-electron chi connectivity index (χ3n) is 4.53. The lowest BCUT2D eigenvalue weighted by atomic mass is 10.1. The molecule has 2 N–H and O–H groups in total. The van der Waals surface area contributed by atoms with Crippen LogP contribution in [0.15, 0.2) is 48.1 Å². The van der Waals surface area contributed by atoms with Crippen molar-refractivity contribution in [3.8, 4) is 28.4 Å². The fourth-order valence-electron chi connectivity index (χ4n) is 3.10. The lowest BCUT2D eigenvalue weighted by Gasteiger charge is -2.12. The molecule has 0 radical (unpaired) electrons. The summed E-state index contributed by atoms with van der Waals surface area (Å²) in [5, 5.41) is 16.0. The summed E-state index contributed by atoms with van der Waals surface area (Å²) in [6, 6.07) is 11.0. The molecule has 0 aliphatic rings. The van der Waals surface area contributed by atoms with E-state index in [-0.39, 0.29) is 5.75 Å². The van der Waals surface area contributed by atoms with Gasteiger partial charge in [0.2, 0.25) is 0 Å². The van der Waals surface area contributed by atoms with Crippen molar-refractivity contribution in [2.45, 2.75) is 6.92 Å². The van der Waals surface area contributed by atoms with Gasteiger partial charge in [0.05, 0.1) is 19.6 Å². The molecule has 0 fully saturated rings. The second kappa shape index (κ2) is 7.36. The zero-order valence-electron chi connectivity index (χ0n) is 15.7. The smallest absolute Gasteiger partial charge is 0.161 e. The summed E-state index contributed by atoms with van der Waals surface area (Å²) in [4.78, 5) is 9.77. The number of nitrogens with one attached hydrogen (secondary N) is 1. The molecule has 0 amide bonds. The second-order valence-electron chi connectivity index (χ2n) is 6.25. The summed E-state index contributed by atoms with van der Waals surface area (Å²) >= 11 is 1.56. The van der Waals surface area contributed by atoms with E-state index in [1.165, 1.54) is 0 Å². The first-order chi connectivity index (χ1) is 13.6. The molecule has 0 aliphatic heterocycles. The summed E-state index contributed by atoms with van der Waals surface area (Å²) in [5.41, 5.74) is 3.81. The molecule has 2 aromatic carbocycles. The highest BCUT2D eigenvalue weighted by atomic mass is 32.1. The van der Waals surface area contributed by atoms with E-state index in [0.717, 1.165) is 32.6 Å². The van der Waals surface area contributed by atoms with Gasteiger partial charge in [-0.3, -0.25) is 0 Å². The van der Waals surface area contributed by atoms with Gasteiger partial charge in [0, 0.05) is 16.6 Å². The summed E-state index contributed by atoms with van der Waals surface area (Å²) in [6.07, 6.45) is 1.55. The van der Waals surface area contributed by atoms with Gasteiger partial charge in [-0.1, -0.05) is 6.07 Å². The fourth-order valence-corrected chi connectivity index (χ4v) is 4.02. The summed E-state index contributed by atoms with van der Waals surface area (Å²) < 4.78 is 10.8.